The number of aromatic nitrogens is 2. The van der Waals surface area contributed by atoms with E-state index in [1.165, 1.54) is 0 Å². The van der Waals surface area contributed by atoms with Crippen molar-refractivity contribution in [3.8, 4) is 16.9 Å². The smallest absolute Gasteiger partial charge is 0.410 e. The predicted octanol–water partition coefficient (Wildman–Crippen LogP) is 5.28. The van der Waals surface area contributed by atoms with Crippen LogP contribution in [0.5, 0.6) is 5.75 Å². The molecule has 1 amide bonds. The number of hydrogen-bond acceptors (Lipinski definition) is 5. The number of nitrogen functional groups attached to an aromatic ring is 1. The molecule has 2 N–H and O–H groups in total. The quantitative estimate of drug-likeness (QED) is 0.537. The third-order valence-corrected chi connectivity index (χ3v) is 5.68. The summed E-state index contributed by atoms with van der Waals surface area (Å²) >= 11 is 0. The van der Waals surface area contributed by atoms with E-state index in [1.54, 1.807) is 4.90 Å². The van der Waals surface area contributed by atoms with E-state index in [0.29, 0.717) is 31.1 Å². The molecule has 0 atom stereocenters. The Balaban J connectivity index is 1.39. The van der Waals surface area contributed by atoms with Crippen molar-refractivity contribution in [3.63, 3.8) is 0 Å². The number of ether oxygens (including phenoxy) is 2. The van der Waals surface area contributed by atoms with Crippen molar-refractivity contribution >= 4 is 11.8 Å². The van der Waals surface area contributed by atoms with Crippen LogP contribution < -0.4 is 10.5 Å². The molecule has 174 valence electrons. The molecule has 1 saturated heterocycles. The molecule has 4 rings (SSSR count). The highest BCUT2D eigenvalue weighted by atomic mass is 16.6. The zero-order chi connectivity index (χ0) is 23.4. The van der Waals surface area contributed by atoms with Gasteiger partial charge in [0.15, 0.2) is 0 Å². The van der Waals surface area contributed by atoms with Gasteiger partial charge in [0.25, 0.3) is 0 Å². The fraction of sp³-hybridized carbons (Fsp3) is 0.385. The largest absolute Gasteiger partial charge is 0.487 e. The van der Waals surface area contributed by atoms with Crippen LogP contribution in [-0.4, -0.2) is 39.5 Å². The van der Waals surface area contributed by atoms with Crippen LogP contribution in [-0.2, 0) is 11.3 Å². The molecule has 7 nitrogen and oxygen atoms in total. The minimum Gasteiger partial charge on any atom is -0.487 e. The summed E-state index contributed by atoms with van der Waals surface area (Å²) in [6.07, 6.45) is 5.36. The van der Waals surface area contributed by atoms with Crippen LogP contribution in [0.2, 0.25) is 0 Å². The van der Waals surface area contributed by atoms with Crippen molar-refractivity contribution in [1.29, 1.82) is 0 Å². The van der Waals surface area contributed by atoms with Gasteiger partial charge in [-0.2, -0.15) is 5.10 Å². The highest BCUT2D eigenvalue weighted by Gasteiger charge is 2.28. The van der Waals surface area contributed by atoms with Crippen LogP contribution in [0.3, 0.4) is 0 Å². The first-order valence-electron chi connectivity index (χ1n) is 11.4. The Morgan fingerprint density at radius 2 is 1.82 bits per heavy atom. The number of benzene rings is 2. The molecule has 1 aromatic heterocycles. The Hall–Kier alpha value is -3.48. The van der Waals surface area contributed by atoms with Crippen molar-refractivity contribution in [2.75, 3.05) is 18.8 Å². The molecule has 0 bridgehead atoms. The summed E-state index contributed by atoms with van der Waals surface area (Å²) in [5, 5.41) is 4.60. The summed E-state index contributed by atoms with van der Waals surface area (Å²) in [5.74, 6) is 0.662. The van der Waals surface area contributed by atoms with Crippen LogP contribution in [0.4, 0.5) is 10.5 Å². The van der Waals surface area contributed by atoms with Gasteiger partial charge in [0.2, 0.25) is 0 Å². The van der Waals surface area contributed by atoms with Crippen LogP contribution >= 0.6 is 0 Å². The van der Waals surface area contributed by atoms with Gasteiger partial charge in [-0.15, -0.1) is 0 Å². The Morgan fingerprint density at radius 1 is 1.09 bits per heavy atom. The van der Waals surface area contributed by atoms with Gasteiger partial charge in [0, 0.05) is 24.8 Å². The van der Waals surface area contributed by atoms with Gasteiger partial charge < -0.3 is 20.1 Å². The van der Waals surface area contributed by atoms with Gasteiger partial charge in [0.1, 0.15) is 18.0 Å². The maximum Gasteiger partial charge on any atom is 0.410 e. The summed E-state index contributed by atoms with van der Waals surface area (Å²) in [4.78, 5) is 14.1. The number of rotatable bonds is 5. The van der Waals surface area contributed by atoms with Crippen LogP contribution in [0, 0.1) is 0 Å². The molecular formula is C26H32N4O3. The molecule has 0 saturated carbocycles. The summed E-state index contributed by atoms with van der Waals surface area (Å²) in [7, 11) is 0. The van der Waals surface area contributed by atoms with Crippen LogP contribution in [0.25, 0.3) is 11.1 Å². The topological polar surface area (TPSA) is 82.6 Å². The number of amides is 1. The average Bonchev–Trinajstić information content (AvgIpc) is 3.28. The molecule has 0 spiro atoms. The van der Waals surface area contributed by atoms with Crippen molar-refractivity contribution in [2.24, 2.45) is 0 Å². The van der Waals surface area contributed by atoms with Crippen LogP contribution in [0.15, 0.2) is 60.9 Å². The van der Waals surface area contributed by atoms with E-state index < -0.39 is 5.60 Å². The molecule has 1 aliphatic heterocycles. The van der Waals surface area contributed by atoms with Gasteiger partial charge in [0.05, 0.1) is 17.9 Å². The maximum atomic E-state index is 12.3. The van der Waals surface area contributed by atoms with E-state index in [2.05, 4.69) is 11.3 Å². The van der Waals surface area contributed by atoms with E-state index in [-0.39, 0.29) is 12.1 Å². The lowest BCUT2D eigenvalue weighted by Crippen LogP contribution is -2.42. The summed E-state index contributed by atoms with van der Waals surface area (Å²) in [6.45, 7) is 7.45. The van der Waals surface area contributed by atoms with E-state index >= 15 is 0 Å². The van der Waals surface area contributed by atoms with Crippen molar-refractivity contribution < 1.29 is 14.3 Å². The summed E-state index contributed by atoms with van der Waals surface area (Å²) < 4.78 is 13.5. The lowest BCUT2D eigenvalue weighted by molar-refractivity contribution is 0.0185. The summed E-state index contributed by atoms with van der Waals surface area (Å²) in [5.41, 5.74) is 9.37. The molecule has 2 aromatic carbocycles. The van der Waals surface area contributed by atoms with Crippen molar-refractivity contribution in [1.82, 2.24) is 14.7 Å². The second kappa shape index (κ2) is 9.57. The van der Waals surface area contributed by atoms with Gasteiger partial charge >= 0.3 is 6.09 Å². The molecule has 33 heavy (non-hydrogen) atoms. The van der Waals surface area contributed by atoms with E-state index in [1.807, 2.05) is 80.2 Å². The Morgan fingerprint density at radius 3 is 2.52 bits per heavy atom. The van der Waals surface area contributed by atoms with Gasteiger partial charge in [-0.25, -0.2) is 4.79 Å². The standard InChI is InChI=1S/C26H32N4O3/c1-26(2,3)33-25(31)29-13-11-22(12-14-29)30-17-21(16-28-30)20-9-10-23(27)24(15-20)32-18-19-7-5-4-6-8-19/h4-10,15-17,22H,11-14,18,27H2,1-3H3. The lowest BCUT2D eigenvalue weighted by atomic mass is 10.1. The monoisotopic (exact) mass is 448 g/mol. The third-order valence-electron chi connectivity index (χ3n) is 5.68. The Kier molecular flexibility index (Phi) is 6.58. The second-order valence-corrected chi connectivity index (χ2v) is 9.43. The first-order chi connectivity index (χ1) is 15.8. The Bertz CT molecular complexity index is 1080. The molecule has 7 heteroatoms. The van der Waals surface area contributed by atoms with E-state index in [4.69, 9.17) is 15.2 Å². The number of carbonyl (C=O) groups is 1. The zero-order valence-corrected chi connectivity index (χ0v) is 19.5. The van der Waals surface area contributed by atoms with E-state index in [9.17, 15) is 4.79 Å². The molecule has 1 aliphatic rings. The molecule has 1 fully saturated rings. The fourth-order valence-corrected chi connectivity index (χ4v) is 3.90. The number of nitrogens with zero attached hydrogens (tertiary/aromatic N) is 3. The molecule has 0 aliphatic carbocycles. The number of nitrogens with two attached hydrogens (primary N) is 1. The zero-order valence-electron chi connectivity index (χ0n) is 19.5. The average molecular weight is 449 g/mol. The first kappa shape index (κ1) is 22.7. The minimum absolute atomic E-state index is 0.244. The third kappa shape index (κ3) is 5.86. The maximum absolute atomic E-state index is 12.3. The van der Waals surface area contributed by atoms with E-state index in [0.717, 1.165) is 29.5 Å². The number of hydrogen-bond donors (Lipinski definition) is 1. The molecule has 2 heterocycles. The van der Waals surface area contributed by atoms with Crippen LogP contribution in [0.1, 0.15) is 45.2 Å². The minimum atomic E-state index is -0.479. The molecule has 0 unspecified atom stereocenters. The number of anilines is 1. The molecular weight excluding hydrogens is 416 g/mol. The normalized spacial score (nSPS) is 14.8. The summed E-state index contributed by atoms with van der Waals surface area (Å²) in [6, 6.07) is 16.1. The fourth-order valence-electron chi connectivity index (χ4n) is 3.90. The highest BCUT2D eigenvalue weighted by Crippen LogP contribution is 2.31. The van der Waals surface area contributed by atoms with Crippen molar-refractivity contribution in [3.05, 3.63) is 66.5 Å². The Labute approximate surface area is 195 Å². The highest BCUT2D eigenvalue weighted by molar-refractivity contribution is 5.69. The molecule has 3 aromatic rings. The number of carbonyl (C=O) groups excluding carboxylic acids is 1. The lowest BCUT2D eigenvalue weighted by Gasteiger charge is -2.33. The second-order valence-electron chi connectivity index (χ2n) is 9.43. The molecule has 0 radical (unpaired) electrons. The van der Waals surface area contributed by atoms with Gasteiger partial charge in [-0.05, 0) is 56.9 Å². The number of likely N-dealkylation sites (tertiary alicyclic amines) is 1. The number of piperidine rings is 1. The SMILES string of the molecule is CC(C)(C)OC(=O)N1CCC(n2cc(-c3ccc(N)c(OCc4ccccc4)c3)cn2)CC1. The predicted molar refractivity (Wildman–Crippen MR) is 129 cm³/mol. The van der Waals surface area contributed by atoms with Gasteiger partial charge in [-0.3, -0.25) is 4.68 Å². The van der Waals surface area contributed by atoms with Gasteiger partial charge in [-0.1, -0.05) is 36.4 Å². The van der Waals surface area contributed by atoms with Crippen molar-refractivity contribution in [2.45, 2.75) is 51.9 Å². The first-order valence-corrected chi connectivity index (χ1v) is 11.4.